The summed E-state index contributed by atoms with van der Waals surface area (Å²) in [4.78, 5) is 61.1. The van der Waals surface area contributed by atoms with Crippen molar-refractivity contribution < 1.29 is 28.6 Å². The number of allylic oxidation sites excluding steroid dienone is 2. The summed E-state index contributed by atoms with van der Waals surface area (Å²) < 4.78 is 19.1. The predicted molar refractivity (Wildman–Crippen MR) is 183 cm³/mol. The molecule has 2 aromatic carbocycles. The second-order valence-electron chi connectivity index (χ2n) is 13.8. The topological polar surface area (TPSA) is 129 Å². The van der Waals surface area contributed by atoms with Crippen LogP contribution in [0.2, 0.25) is 0 Å². The monoisotopic (exact) mass is 668 g/mol. The van der Waals surface area contributed by atoms with Crippen LogP contribution in [0.3, 0.4) is 0 Å². The summed E-state index contributed by atoms with van der Waals surface area (Å²) in [6.45, 7) is 0.307. The molecule has 2 saturated carbocycles. The quantitative estimate of drug-likeness (QED) is 0.291. The van der Waals surface area contributed by atoms with Gasteiger partial charge < -0.3 is 24.4 Å². The first-order chi connectivity index (χ1) is 23.9. The van der Waals surface area contributed by atoms with Gasteiger partial charge in [0.05, 0.1) is 24.6 Å². The average molecular weight is 669 g/mol. The van der Waals surface area contributed by atoms with Crippen LogP contribution in [-0.4, -0.2) is 70.4 Å². The Morgan fingerprint density at radius 2 is 1.69 bits per heavy atom. The predicted octanol–water partition coefficient (Wildman–Crippen LogP) is 5.39. The molecule has 2 aliphatic carbocycles. The second-order valence-corrected chi connectivity index (χ2v) is 13.8. The molecular weight excluding hydrogens is 624 g/mol. The molecule has 7 rings (SSSR count). The van der Waals surface area contributed by atoms with E-state index in [1.807, 2.05) is 48.5 Å². The zero-order chi connectivity index (χ0) is 33.9. The summed E-state index contributed by atoms with van der Waals surface area (Å²) >= 11 is 0. The van der Waals surface area contributed by atoms with E-state index in [1.165, 1.54) is 16.6 Å². The first-order valence-corrected chi connectivity index (χ1v) is 17.7. The van der Waals surface area contributed by atoms with Crippen molar-refractivity contribution >= 4 is 28.9 Å². The molecule has 49 heavy (non-hydrogen) atoms. The number of hydrogen-bond donors (Lipinski definition) is 1. The van der Waals surface area contributed by atoms with Crippen LogP contribution in [0.15, 0.2) is 65.5 Å². The molecule has 5 atom stereocenters. The summed E-state index contributed by atoms with van der Waals surface area (Å²) in [6, 6.07) is 13.9. The van der Waals surface area contributed by atoms with Gasteiger partial charge >= 0.3 is 12.1 Å². The van der Waals surface area contributed by atoms with Gasteiger partial charge in [0.15, 0.2) is 0 Å². The van der Waals surface area contributed by atoms with E-state index in [9.17, 15) is 19.2 Å². The molecule has 3 fully saturated rings. The molecule has 11 nitrogen and oxygen atoms in total. The first kappa shape index (κ1) is 32.9. The molecule has 1 saturated heterocycles. The van der Waals surface area contributed by atoms with Gasteiger partial charge in [-0.25, -0.2) is 9.59 Å². The highest BCUT2D eigenvalue weighted by Crippen LogP contribution is 2.34. The minimum Gasteiger partial charge on any atom is -0.467 e. The normalized spacial score (nSPS) is 27.3. The highest BCUT2D eigenvalue weighted by molar-refractivity contribution is 5.90. The van der Waals surface area contributed by atoms with Crippen LogP contribution in [0, 0.1) is 11.8 Å². The molecule has 11 heteroatoms. The zero-order valence-electron chi connectivity index (χ0n) is 27.9. The van der Waals surface area contributed by atoms with Crippen LogP contribution in [0.4, 0.5) is 4.79 Å². The van der Waals surface area contributed by atoms with Gasteiger partial charge in [-0.05, 0) is 80.0 Å². The Labute approximate surface area is 285 Å². The van der Waals surface area contributed by atoms with Crippen LogP contribution < -0.4 is 15.6 Å². The van der Waals surface area contributed by atoms with E-state index in [0.717, 1.165) is 68.9 Å². The maximum atomic E-state index is 14.3. The lowest BCUT2D eigenvalue weighted by atomic mass is 9.96. The molecule has 1 aromatic heterocycles. The third-order valence-electron chi connectivity index (χ3n) is 10.7. The van der Waals surface area contributed by atoms with E-state index >= 15 is 0 Å². The highest BCUT2D eigenvalue weighted by Gasteiger charge is 2.46. The number of fused-ring (bicyclic) bond motifs is 5. The highest BCUT2D eigenvalue weighted by atomic mass is 16.6. The second kappa shape index (κ2) is 14.4. The summed E-state index contributed by atoms with van der Waals surface area (Å²) in [6.07, 6.45) is 10.5. The number of carbonyl (C=O) groups excluding carboxylic acids is 3. The molecule has 3 aromatic rings. The lowest BCUT2D eigenvalue weighted by Gasteiger charge is -2.31. The van der Waals surface area contributed by atoms with Crippen LogP contribution in [0.5, 0.6) is 6.01 Å². The standard InChI is InChI=1S/C38H44N4O7/c1-47-36(45)31-22-28-23-42(31)35(44)33(26-14-7-8-15-26)40-38(46)49-32-17-10-16-25(32)13-6-3-9-20-41-34(43)29-19-18-27(24-11-4-2-5-12-24)21-30(29)39-37(41)48-28/h2-5,9,11-12,18-19,21,25-26,28,31-33H,6-8,10,13-17,20,22-23H2,1H3,(H,40,46)/b9-3+/t25-,28-,31+,32-,33+/m1/s1. The van der Waals surface area contributed by atoms with Crippen LogP contribution >= 0.6 is 0 Å². The smallest absolute Gasteiger partial charge is 0.408 e. The van der Waals surface area contributed by atoms with Gasteiger partial charge in [-0.15, -0.1) is 0 Å². The van der Waals surface area contributed by atoms with Crippen molar-refractivity contribution in [2.75, 3.05) is 13.7 Å². The van der Waals surface area contributed by atoms with Crippen LogP contribution in [-0.2, 0) is 25.6 Å². The number of benzene rings is 2. The average Bonchev–Trinajstić information content (AvgIpc) is 3.90. The molecule has 0 unspecified atom stereocenters. The number of alkyl carbamates (subject to hydrolysis) is 1. The van der Waals surface area contributed by atoms with E-state index in [-0.39, 0.29) is 54.9 Å². The van der Waals surface area contributed by atoms with Crippen LogP contribution in [0.25, 0.3) is 22.0 Å². The Kier molecular flexibility index (Phi) is 9.68. The molecule has 4 aliphatic rings. The number of rotatable bonds is 3. The largest absolute Gasteiger partial charge is 0.467 e. The van der Waals surface area contributed by atoms with Gasteiger partial charge in [-0.3, -0.25) is 14.2 Å². The Balaban J connectivity index is 1.27. The Hall–Kier alpha value is -4.67. The van der Waals surface area contributed by atoms with Crippen molar-refractivity contribution in [2.24, 2.45) is 11.8 Å². The summed E-state index contributed by atoms with van der Waals surface area (Å²) in [7, 11) is 1.29. The third-order valence-corrected chi connectivity index (χ3v) is 10.7. The number of carbonyl (C=O) groups is 3. The minimum absolute atomic E-state index is 0.0665. The minimum atomic E-state index is -0.921. The third kappa shape index (κ3) is 6.93. The number of nitrogens with one attached hydrogen (secondary N) is 1. The maximum absolute atomic E-state index is 14.3. The molecule has 2 aliphatic heterocycles. The molecule has 1 N–H and O–H groups in total. The molecule has 258 valence electrons. The number of nitrogens with zero attached hydrogens (tertiary/aromatic N) is 3. The number of aromatic nitrogens is 2. The molecule has 2 bridgehead atoms. The van der Waals surface area contributed by atoms with E-state index in [4.69, 9.17) is 19.2 Å². The summed E-state index contributed by atoms with van der Waals surface area (Å²) in [5.41, 5.74) is 2.18. The number of amides is 2. The van der Waals surface area contributed by atoms with Gasteiger partial charge in [-0.1, -0.05) is 61.4 Å². The van der Waals surface area contributed by atoms with E-state index in [1.54, 1.807) is 6.07 Å². The van der Waals surface area contributed by atoms with Crippen molar-refractivity contribution in [3.63, 3.8) is 0 Å². The summed E-state index contributed by atoms with van der Waals surface area (Å²) in [5.74, 6) is -0.778. The van der Waals surface area contributed by atoms with Crippen molar-refractivity contribution in [2.45, 2.75) is 95.0 Å². The molecule has 2 amide bonds. The lowest BCUT2D eigenvalue weighted by Crippen LogP contribution is -2.55. The van der Waals surface area contributed by atoms with Crippen LogP contribution in [0.1, 0.15) is 64.2 Å². The fourth-order valence-electron chi connectivity index (χ4n) is 8.14. The number of hydrogen-bond acceptors (Lipinski definition) is 8. The zero-order valence-corrected chi connectivity index (χ0v) is 27.9. The number of ether oxygens (including phenoxy) is 3. The van der Waals surface area contributed by atoms with Gasteiger partial charge in [0.1, 0.15) is 24.3 Å². The Morgan fingerprint density at radius 3 is 2.49 bits per heavy atom. The molecule has 0 radical (unpaired) electrons. The van der Waals surface area contributed by atoms with Gasteiger partial charge in [0.2, 0.25) is 5.91 Å². The van der Waals surface area contributed by atoms with E-state index in [0.29, 0.717) is 10.9 Å². The van der Waals surface area contributed by atoms with E-state index in [2.05, 4.69) is 11.4 Å². The maximum Gasteiger partial charge on any atom is 0.408 e. The fourth-order valence-corrected chi connectivity index (χ4v) is 8.14. The first-order valence-electron chi connectivity index (χ1n) is 17.7. The molecule has 3 heterocycles. The van der Waals surface area contributed by atoms with Crippen molar-refractivity contribution in [3.8, 4) is 17.1 Å². The van der Waals surface area contributed by atoms with E-state index < -0.39 is 30.3 Å². The fraction of sp³-hybridized carbons (Fsp3) is 0.500. The molecule has 0 spiro atoms. The SMILES string of the molecule is COC(=O)[C@@H]1C[C@@H]2CN1C(=O)[C@H](C1CCCC1)NC(=O)O[C@@H]1CCC[C@H]1CC/C=C/Cn1c(nc3cc(-c4ccccc4)ccc3c1=O)O2. The van der Waals surface area contributed by atoms with Crippen molar-refractivity contribution in [1.82, 2.24) is 19.8 Å². The lowest BCUT2D eigenvalue weighted by molar-refractivity contribution is -0.152. The van der Waals surface area contributed by atoms with Crippen molar-refractivity contribution in [1.29, 1.82) is 0 Å². The summed E-state index contributed by atoms with van der Waals surface area (Å²) in [5, 5.41) is 3.40. The van der Waals surface area contributed by atoms with Gasteiger partial charge in [0.25, 0.3) is 11.6 Å². The van der Waals surface area contributed by atoms with Gasteiger partial charge in [-0.2, -0.15) is 4.98 Å². The van der Waals surface area contributed by atoms with Crippen molar-refractivity contribution in [3.05, 3.63) is 71.0 Å². The number of methoxy groups -OCH3 is 1. The number of esters is 1. The van der Waals surface area contributed by atoms with Gasteiger partial charge in [0, 0.05) is 13.0 Å². The Bertz CT molecular complexity index is 1780. The Morgan fingerprint density at radius 1 is 0.898 bits per heavy atom. The molecular formula is C38H44N4O7.